The summed E-state index contributed by atoms with van der Waals surface area (Å²) in [4.78, 5) is 14.9. The Morgan fingerprint density at radius 2 is 1.95 bits per heavy atom. The van der Waals surface area contributed by atoms with Crippen LogP contribution < -0.4 is 5.32 Å². The Hall–Kier alpha value is -1.29. The third-order valence-corrected chi connectivity index (χ3v) is 4.53. The van der Waals surface area contributed by atoms with Crippen molar-refractivity contribution in [3.63, 3.8) is 0 Å². The first-order valence-electron chi connectivity index (χ1n) is 7.38. The molecule has 0 bridgehead atoms. The molecule has 3 rings (SSSR count). The van der Waals surface area contributed by atoms with Gasteiger partial charge >= 0.3 is 0 Å². The molecule has 1 saturated heterocycles. The van der Waals surface area contributed by atoms with Gasteiger partial charge in [0.1, 0.15) is 5.69 Å². The van der Waals surface area contributed by atoms with E-state index in [1.165, 1.54) is 19.3 Å². The first-order valence-corrected chi connectivity index (χ1v) is 7.38. The zero-order valence-electron chi connectivity index (χ0n) is 11.8. The van der Waals surface area contributed by atoms with Crippen LogP contribution in [0.15, 0.2) is 18.3 Å². The van der Waals surface area contributed by atoms with Crippen molar-refractivity contribution in [2.24, 2.45) is 0 Å². The predicted octanol–water partition coefficient (Wildman–Crippen LogP) is 2.04. The number of carbonyl (C=O) groups is 1. The molecule has 1 aliphatic carbocycles. The highest BCUT2D eigenvalue weighted by Gasteiger charge is 2.32. The Morgan fingerprint density at radius 1 is 1.26 bits per heavy atom. The minimum atomic E-state index is 0.193. The summed E-state index contributed by atoms with van der Waals surface area (Å²) in [7, 11) is 0. The van der Waals surface area contributed by atoms with Crippen LogP contribution in [-0.2, 0) is 0 Å². The predicted molar refractivity (Wildman–Crippen MR) is 75.3 cm³/mol. The van der Waals surface area contributed by atoms with Crippen LogP contribution in [0.4, 0.5) is 0 Å². The molecule has 2 atom stereocenters. The number of nitrogens with one attached hydrogen (secondary N) is 1. The van der Waals surface area contributed by atoms with Crippen LogP contribution in [0.3, 0.4) is 0 Å². The van der Waals surface area contributed by atoms with Crippen molar-refractivity contribution in [2.75, 3.05) is 13.1 Å². The fraction of sp³-hybridized carbons (Fsp3) is 0.667. The van der Waals surface area contributed by atoms with Gasteiger partial charge in [-0.1, -0.05) is 0 Å². The van der Waals surface area contributed by atoms with Crippen molar-refractivity contribution < 1.29 is 4.79 Å². The normalized spacial score (nSPS) is 28.2. The van der Waals surface area contributed by atoms with Crippen molar-refractivity contribution in [3.8, 4) is 0 Å². The van der Waals surface area contributed by atoms with Gasteiger partial charge in [-0.2, -0.15) is 0 Å². The van der Waals surface area contributed by atoms with E-state index in [-0.39, 0.29) is 18.0 Å². The molecule has 1 N–H and O–H groups in total. The number of hydrogen-bond acceptors (Lipinski definition) is 2. The molecule has 1 aromatic rings. The highest BCUT2D eigenvalue weighted by Crippen LogP contribution is 2.33. The minimum absolute atomic E-state index is 0.193. The lowest BCUT2D eigenvalue weighted by Gasteiger charge is -2.40. The Labute approximate surface area is 114 Å². The lowest BCUT2D eigenvalue weighted by Crippen LogP contribution is -2.57. The smallest absolute Gasteiger partial charge is 0.271 e. The van der Waals surface area contributed by atoms with Crippen LogP contribution >= 0.6 is 0 Å². The summed E-state index contributed by atoms with van der Waals surface area (Å²) < 4.78 is 2.19. The van der Waals surface area contributed by atoms with E-state index in [2.05, 4.69) is 29.9 Å². The third-order valence-electron chi connectivity index (χ3n) is 4.53. The summed E-state index contributed by atoms with van der Waals surface area (Å²) >= 11 is 0. The van der Waals surface area contributed by atoms with E-state index in [1.54, 1.807) is 0 Å². The molecule has 1 amide bonds. The molecule has 0 radical (unpaired) electrons. The molecular weight excluding hydrogens is 238 g/mol. The molecule has 1 aromatic heterocycles. The summed E-state index contributed by atoms with van der Waals surface area (Å²) in [5.41, 5.74) is 0.866. The molecule has 1 saturated carbocycles. The number of amides is 1. The zero-order valence-corrected chi connectivity index (χ0v) is 11.8. The van der Waals surface area contributed by atoms with Gasteiger partial charge in [-0.3, -0.25) is 4.79 Å². The lowest BCUT2D eigenvalue weighted by molar-refractivity contribution is 0.0527. The van der Waals surface area contributed by atoms with Gasteiger partial charge < -0.3 is 14.8 Å². The monoisotopic (exact) mass is 261 g/mol. The topological polar surface area (TPSA) is 37.3 Å². The largest absolute Gasteiger partial charge is 0.340 e. The average Bonchev–Trinajstić information content (AvgIpc) is 2.75. The molecule has 0 aromatic carbocycles. The molecule has 104 valence electrons. The fourth-order valence-electron chi connectivity index (χ4n) is 3.22. The first kappa shape index (κ1) is 12.7. The SMILES string of the molecule is CC1CNCC(C)N1C(=O)c1cccn1C1CCC1. The molecule has 4 heteroatoms. The fourth-order valence-corrected chi connectivity index (χ4v) is 3.22. The van der Waals surface area contributed by atoms with Crippen LogP contribution in [-0.4, -0.2) is 40.5 Å². The molecule has 2 heterocycles. The van der Waals surface area contributed by atoms with Gasteiger partial charge in [-0.15, -0.1) is 0 Å². The van der Waals surface area contributed by atoms with E-state index in [4.69, 9.17) is 0 Å². The van der Waals surface area contributed by atoms with Crippen molar-refractivity contribution in [1.82, 2.24) is 14.8 Å². The first-order chi connectivity index (χ1) is 9.18. The van der Waals surface area contributed by atoms with Gasteiger partial charge in [0.15, 0.2) is 0 Å². The zero-order chi connectivity index (χ0) is 13.4. The van der Waals surface area contributed by atoms with E-state index in [0.29, 0.717) is 6.04 Å². The van der Waals surface area contributed by atoms with Crippen molar-refractivity contribution in [3.05, 3.63) is 24.0 Å². The molecule has 2 unspecified atom stereocenters. The summed E-state index contributed by atoms with van der Waals surface area (Å²) in [6, 6.07) is 5.05. The Bertz CT molecular complexity index is 454. The quantitative estimate of drug-likeness (QED) is 0.884. The van der Waals surface area contributed by atoms with Crippen LogP contribution in [0.5, 0.6) is 0 Å². The lowest BCUT2D eigenvalue weighted by atomic mass is 9.92. The van der Waals surface area contributed by atoms with E-state index >= 15 is 0 Å². The van der Waals surface area contributed by atoms with E-state index in [9.17, 15) is 4.79 Å². The van der Waals surface area contributed by atoms with E-state index in [0.717, 1.165) is 18.8 Å². The maximum absolute atomic E-state index is 12.8. The van der Waals surface area contributed by atoms with Crippen LogP contribution in [0.25, 0.3) is 0 Å². The maximum atomic E-state index is 12.8. The second-order valence-electron chi connectivity index (χ2n) is 5.95. The molecular formula is C15H23N3O. The van der Waals surface area contributed by atoms with Crippen LogP contribution in [0, 0.1) is 0 Å². The molecule has 2 fully saturated rings. The Morgan fingerprint density at radius 3 is 2.53 bits per heavy atom. The van der Waals surface area contributed by atoms with Crippen molar-refractivity contribution in [2.45, 2.75) is 51.2 Å². The Kier molecular flexibility index (Phi) is 3.35. The number of hydrogen-bond donors (Lipinski definition) is 1. The Balaban J connectivity index is 1.84. The standard InChI is InChI=1S/C15H23N3O/c1-11-9-16-10-12(2)18(11)15(19)14-7-4-8-17(14)13-5-3-6-13/h4,7-8,11-13,16H,3,5-6,9-10H2,1-2H3. The van der Waals surface area contributed by atoms with Crippen molar-refractivity contribution >= 4 is 5.91 Å². The summed E-state index contributed by atoms with van der Waals surface area (Å²) in [5, 5.41) is 3.37. The molecule has 1 aliphatic heterocycles. The van der Waals surface area contributed by atoms with Crippen LogP contribution in [0.1, 0.15) is 49.6 Å². The van der Waals surface area contributed by atoms with Crippen LogP contribution in [0.2, 0.25) is 0 Å². The number of rotatable bonds is 2. The number of nitrogens with zero attached hydrogens (tertiary/aromatic N) is 2. The van der Waals surface area contributed by atoms with Gasteiger partial charge in [-0.25, -0.2) is 0 Å². The van der Waals surface area contributed by atoms with Gasteiger partial charge in [0.2, 0.25) is 0 Å². The third kappa shape index (κ3) is 2.18. The minimum Gasteiger partial charge on any atom is -0.340 e. The van der Waals surface area contributed by atoms with Gasteiger partial charge in [0.25, 0.3) is 5.91 Å². The number of piperazine rings is 1. The summed E-state index contributed by atoms with van der Waals surface area (Å²) in [6.07, 6.45) is 5.77. The second-order valence-corrected chi connectivity index (χ2v) is 5.95. The summed E-state index contributed by atoms with van der Waals surface area (Å²) in [5.74, 6) is 0.193. The average molecular weight is 261 g/mol. The summed E-state index contributed by atoms with van der Waals surface area (Å²) in [6.45, 7) is 6.02. The second kappa shape index (κ2) is 5.00. The van der Waals surface area contributed by atoms with Gasteiger partial charge in [0, 0.05) is 37.4 Å². The highest BCUT2D eigenvalue weighted by molar-refractivity contribution is 5.93. The van der Waals surface area contributed by atoms with Gasteiger partial charge in [-0.05, 0) is 45.2 Å². The van der Waals surface area contributed by atoms with E-state index < -0.39 is 0 Å². The maximum Gasteiger partial charge on any atom is 0.271 e. The number of carbonyl (C=O) groups excluding carboxylic acids is 1. The molecule has 19 heavy (non-hydrogen) atoms. The highest BCUT2D eigenvalue weighted by atomic mass is 16.2. The molecule has 2 aliphatic rings. The molecule has 4 nitrogen and oxygen atoms in total. The van der Waals surface area contributed by atoms with Gasteiger partial charge in [0.05, 0.1) is 0 Å². The van der Waals surface area contributed by atoms with Crippen molar-refractivity contribution in [1.29, 1.82) is 0 Å². The molecule has 0 spiro atoms. The van der Waals surface area contributed by atoms with E-state index in [1.807, 2.05) is 17.0 Å². The number of aromatic nitrogens is 1.